The Bertz CT molecular complexity index is 1140. The van der Waals surface area contributed by atoms with Gasteiger partial charge in [0.2, 0.25) is 0 Å². The Kier molecular flexibility index (Phi) is 5.28. The number of nitrogens with two attached hydrogens (primary N) is 1. The molecule has 0 unspecified atom stereocenters. The molecular formula is C24H26ClN3O2. The number of carbonyl (C=O) groups is 1. The zero-order chi connectivity index (χ0) is 21.6. The maximum absolute atomic E-state index is 12.3. The molecule has 2 N–H and O–H groups in total. The van der Waals surface area contributed by atoms with Crippen LogP contribution in [-0.2, 0) is 11.2 Å². The molecule has 0 spiro atoms. The summed E-state index contributed by atoms with van der Waals surface area (Å²) in [5, 5.41) is 2.59. The number of fused-ring (bicyclic) bond motifs is 2. The van der Waals surface area contributed by atoms with Crippen molar-refractivity contribution in [3.05, 3.63) is 69.8 Å². The Morgan fingerprint density at radius 1 is 1.20 bits per heavy atom. The molecule has 0 bridgehead atoms. The van der Waals surface area contributed by atoms with E-state index in [1.165, 1.54) is 0 Å². The third-order valence-electron chi connectivity index (χ3n) is 6.15. The second kappa shape index (κ2) is 7.64. The van der Waals surface area contributed by atoms with Crippen molar-refractivity contribution in [3.8, 4) is 0 Å². The van der Waals surface area contributed by atoms with Crippen LogP contribution in [0.15, 0.2) is 36.5 Å². The molecule has 0 aliphatic carbocycles. The molecule has 1 aliphatic heterocycles. The van der Waals surface area contributed by atoms with E-state index in [1.807, 2.05) is 45.0 Å². The van der Waals surface area contributed by atoms with Crippen molar-refractivity contribution in [2.24, 2.45) is 5.73 Å². The van der Waals surface area contributed by atoms with E-state index in [-0.39, 0.29) is 17.9 Å². The van der Waals surface area contributed by atoms with Gasteiger partial charge in [-0.25, -0.2) is 4.79 Å². The van der Waals surface area contributed by atoms with Crippen LogP contribution >= 0.6 is 11.6 Å². The Morgan fingerprint density at radius 3 is 2.70 bits per heavy atom. The van der Waals surface area contributed by atoms with Gasteiger partial charge in [-0.05, 0) is 55.5 Å². The van der Waals surface area contributed by atoms with E-state index >= 15 is 0 Å². The predicted molar refractivity (Wildman–Crippen MR) is 119 cm³/mol. The van der Waals surface area contributed by atoms with Gasteiger partial charge < -0.3 is 10.5 Å². The molecular weight excluding hydrogens is 398 g/mol. The molecule has 5 nitrogen and oxygen atoms in total. The van der Waals surface area contributed by atoms with E-state index in [2.05, 4.69) is 18.0 Å². The summed E-state index contributed by atoms with van der Waals surface area (Å²) in [5.41, 5.74) is 9.87. The average molecular weight is 424 g/mol. The summed E-state index contributed by atoms with van der Waals surface area (Å²) < 4.78 is 5.56. The molecule has 0 saturated heterocycles. The SMILES string of the molecule is CC[C@@H](N)c1ccc(Cl)c2cnc(Cc3ccc4c(n3)[C@@H](C)C(C)(C)OC4=O)cc12. The number of benzene rings is 1. The molecule has 0 fully saturated rings. The number of rotatable bonds is 4. The lowest BCUT2D eigenvalue weighted by atomic mass is 9.84. The number of carbonyl (C=O) groups excluding carboxylic acids is 1. The first-order chi connectivity index (χ1) is 14.2. The smallest absolute Gasteiger partial charge is 0.340 e. The normalized spacial score (nSPS) is 18.7. The summed E-state index contributed by atoms with van der Waals surface area (Å²) in [6.45, 7) is 7.94. The second-order valence-corrected chi connectivity index (χ2v) is 8.91. The molecule has 3 heterocycles. The lowest BCUT2D eigenvalue weighted by Crippen LogP contribution is -2.39. The molecule has 0 amide bonds. The van der Waals surface area contributed by atoms with Crippen molar-refractivity contribution in [3.63, 3.8) is 0 Å². The monoisotopic (exact) mass is 423 g/mol. The lowest BCUT2D eigenvalue weighted by Gasteiger charge is -2.36. The maximum atomic E-state index is 12.3. The number of aromatic nitrogens is 2. The molecule has 4 rings (SSSR count). The first-order valence-corrected chi connectivity index (χ1v) is 10.6. The highest BCUT2D eigenvalue weighted by molar-refractivity contribution is 6.35. The van der Waals surface area contributed by atoms with Crippen LogP contribution < -0.4 is 5.73 Å². The van der Waals surface area contributed by atoms with Gasteiger partial charge >= 0.3 is 5.97 Å². The quantitative estimate of drug-likeness (QED) is 0.573. The summed E-state index contributed by atoms with van der Waals surface area (Å²) in [5.74, 6) is -0.313. The van der Waals surface area contributed by atoms with Gasteiger partial charge in [-0.2, -0.15) is 0 Å². The number of cyclic esters (lactones) is 1. The summed E-state index contributed by atoms with van der Waals surface area (Å²) in [4.78, 5) is 21.7. The number of hydrogen-bond donors (Lipinski definition) is 1. The standard InChI is InChI=1S/C24H26ClN3O2/c1-5-21(26)16-8-9-20(25)19-12-27-15(11-18(16)19)10-14-6-7-17-22(28-14)13(2)24(3,4)30-23(17)29/h6-9,11-13,21H,5,10,26H2,1-4H3/t13-,21-/m1/s1. The summed E-state index contributed by atoms with van der Waals surface area (Å²) in [7, 11) is 0. The molecule has 30 heavy (non-hydrogen) atoms. The lowest BCUT2D eigenvalue weighted by molar-refractivity contribution is -0.0190. The fourth-order valence-electron chi connectivity index (χ4n) is 3.93. The van der Waals surface area contributed by atoms with Crippen LogP contribution in [0.3, 0.4) is 0 Å². The zero-order valence-corrected chi connectivity index (χ0v) is 18.5. The van der Waals surface area contributed by atoms with Crippen molar-refractivity contribution in [2.45, 2.75) is 58.1 Å². The number of halogens is 1. The topological polar surface area (TPSA) is 78.1 Å². The fourth-order valence-corrected chi connectivity index (χ4v) is 4.14. The highest BCUT2D eigenvalue weighted by Crippen LogP contribution is 2.37. The van der Waals surface area contributed by atoms with E-state index in [9.17, 15) is 4.79 Å². The van der Waals surface area contributed by atoms with Gasteiger partial charge in [0.15, 0.2) is 0 Å². The van der Waals surface area contributed by atoms with Gasteiger partial charge in [-0.1, -0.05) is 31.5 Å². The van der Waals surface area contributed by atoms with Crippen molar-refractivity contribution >= 4 is 28.3 Å². The molecule has 1 aliphatic rings. The highest BCUT2D eigenvalue weighted by atomic mass is 35.5. The molecule has 1 aromatic carbocycles. The van der Waals surface area contributed by atoms with Crippen LogP contribution in [0.5, 0.6) is 0 Å². The predicted octanol–water partition coefficient (Wildman–Crippen LogP) is 5.34. The fraction of sp³-hybridized carbons (Fsp3) is 0.375. The van der Waals surface area contributed by atoms with Gasteiger partial charge in [-0.15, -0.1) is 0 Å². The molecule has 0 saturated carbocycles. The van der Waals surface area contributed by atoms with Gasteiger partial charge in [0.1, 0.15) is 5.60 Å². The van der Waals surface area contributed by atoms with Gasteiger partial charge in [0, 0.05) is 46.4 Å². The van der Waals surface area contributed by atoms with E-state index in [0.717, 1.165) is 39.8 Å². The summed E-state index contributed by atoms with van der Waals surface area (Å²) in [6, 6.07) is 9.54. The molecule has 6 heteroatoms. The highest BCUT2D eigenvalue weighted by Gasteiger charge is 2.40. The minimum absolute atomic E-state index is 0.00248. The number of esters is 1. The molecule has 2 atom stereocenters. The Hall–Kier alpha value is -2.50. The van der Waals surface area contributed by atoms with Crippen molar-refractivity contribution in [1.29, 1.82) is 0 Å². The van der Waals surface area contributed by atoms with Crippen molar-refractivity contribution in [2.75, 3.05) is 0 Å². The molecule has 3 aromatic rings. The minimum Gasteiger partial charge on any atom is -0.455 e. The Balaban J connectivity index is 1.73. The van der Waals surface area contributed by atoms with E-state index < -0.39 is 5.60 Å². The van der Waals surface area contributed by atoms with Crippen molar-refractivity contribution in [1.82, 2.24) is 9.97 Å². The second-order valence-electron chi connectivity index (χ2n) is 8.50. The van der Waals surface area contributed by atoms with Crippen LogP contribution in [-0.4, -0.2) is 21.5 Å². The number of hydrogen-bond acceptors (Lipinski definition) is 5. The van der Waals surface area contributed by atoms with Gasteiger partial charge in [0.05, 0.1) is 11.3 Å². The number of pyridine rings is 2. The third kappa shape index (κ3) is 3.57. The molecule has 2 aromatic heterocycles. The number of ether oxygens (including phenoxy) is 1. The molecule has 0 radical (unpaired) electrons. The third-order valence-corrected chi connectivity index (χ3v) is 6.48. The van der Waals surface area contributed by atoms with Gasteiger partial charge in [-0.3, -0.25) is 9.97 Å². The zero-order valence-electron chi connectivity index (χ0n) is 17.7. The first kappa shape index (κ1) is 20.8. The maximum Gasteiger partial charge on any atom is 0.340 e. The number of nitrogens with zero attached hydrogens (tertiary/aromatic N) is 2. The van der Waals surface area contributed by atoms with Crippen molar-refractivity contribution < 1.29 is 9.53 Å². The average Bonchev–Trinajstić information content (AvgIpc) is 2.71. The van der Waals surface area contributed by atoms with E-state index in [4.69, 9.17) is 27.1 Å². The van der Waals surface area contributed by atoms with Crippen LogP contribution in [0, 0.1) is 0 Å². The van der Waals surface area contributed by atoms with Gasteiger partial charge in [0.25, 0.3) is 0 Å². The van der Waals surface area contributed by atoms with Crippen LogP contribution in [0.2, 0.25) is 5.02 Å². The first-order valence-electron chi connectivity index (χ1n) is 10.3. The van der Waals surface area contributed by atoms with E-state index in [0.29, 0.717) is 17.0 Å². The van der Waals surface area contributed by atoms with E-state index in [1.54, 1.807) is 6.20 Å². The summed E-state index contributed by atoms with van der Waals surface area (Å²) in [6.07, 6.45) is 3.20. The largest absolute Gasteiger partial charge is 0.455 e. The van der Waals surface area contributed by atoms with Crippen LogP contribution in [0.1, 0.15) is 79.1 Å². The van der Waals surface area contributed by atoms with Crippen LogP contribution in [0.4, 0.5) is 0 Å². The minimum atomic E-state index is -0.584. The van der Waals surface area contributed by atoms with Crippen LogP contribution in [0.25, 0.3) is 10.8 Å². The summed E-state index contributed by atoms with van der Waals surface area (Å²) >= 11 is 6.39. The Morgan fingerprint density at radius 2 is 1.97 bits per heavy atom. The Labute approximate surface area is 181 Å². The molecule has 156 valence electrons.